The Bertz CT molecular complexity index is 488. The monoisotopic (exact) mass is 285 g/mol. The molecule has 3 rings (SSSR count). The van der Waals surface area contributed by atoms with Crippen LogP contribution in [-0.2, 0) is 11.3 Å². The zero-order valence-electron chi connectivity index (χ0n) is 12.5. The van der Waals surface area contributed by atoms with Crippen LogP contribution < -0.4 is 0 Å². The van der Waals surface area contributed by atoms with Gasteiger partial charge in [-0.05, 0) is 36.6 Å². The minimum Gasteiger partial charge on any atom is -0.379 e. The lowest BCUT2D eigenvalue weighted by molar-refractivity contribution is 0.0311. The molecule has 21 heavy (non-hydrogen) atoms. The van der Waals surface area contributed by atoms with Gasteiger partial charge in [-0.15, -0.1) is 0 Å². The standard InChI is InChI=1S/C17H23N3O/c18-11-15-1-3-16(4-2-15)12-20-6-5-17(14-20)13-19-7-9-21-10-8-19/h1-4,17H,5-10,12-14H2. The molecule has 1 aromatic carbocycles. The number of nitriles is 1. The highest BCUT2D eigenvalue weighted by molar-refractivity contribution is 5.31. The zero-order chi connectivity index (χ0) is 14.5. The quantitative estimate of drug-likeness (QED) is 0.844. The second-order valence-electron chi connectivity index (χ2n) is 6.11. The largest absolute Gasteiger partial charge is 0.379 e. The molecule has 0 N–H and O–H groups in total. The first kappa shape index (κ1) is 14.5. The Balaban J connectivity index is 1.46. The summed E-state index contributed by atoms with van der Waals surface area (Å²) < 4.78 is 5.41. The number of morpholine rings is 1. The van der Waals surface area contributed by atoms with Gasteiger partial charge in [0, 0.05) is 32.7 Å². The summed E-state index contributed by atoms with van der Waals surface area (Å²) in [6.07, 6.45) is 1.30. The Kier molecular flexibility index (Phi) is 4.87. The fourth-order valence-electron chi connectivity index (χ4n) is 3.30. The number of likely N-dealkylation sites (tertiary alicyclic amines) is 1. The van der Waals surface area contributed by atoms with Crippen LogP contribution in [-0.4, -0.2) is 55.7 Å². The van der Waals surface area contributed by atoms with E-state index >= 15 is 0 Å². The summed E-state index contributed by atoms with van der Waals surface area (Å²) in [5.74, 6) is 0.793. The Morgan fingerprint density at radius 3 is 2.57 bits per heavy atom. The molecule has 4 nitrogen and oxygen atoms in total. The topological polar surface area (TPSA) is 39.5 Å². The molecular formula is C17H23N3O. The number of ether oxygens (including phenoxy) is 1. The summed E-state index contributed by atoms with van der Waals surface area (Å²) in [6, 6.07) is 10.2. The lowest BCUT2D eigenvalue weighted by Gasteiger charge is -2.29. The Morgan fingerprint density at radius 2 is 1.86 bits per heavy atom. The fourth-order valence-corrected chi connectivity index (χ4v) is 3.30. The van der Waals surface area contributed by atoms with E-state index in [1.807, 2.05) is 12.1 Å². The number of nitrogens with zero attached hydrogens (tertiary/aromatic N) is 3. The van der Waals surface area contributed by atoms with Crippen LogP contribution in [0.1, 0.15) is 17.5 Å². The van der Waals surface area contributed by atoms with Crippen LogP contribution in [0, 0.1) is 17.2 Å². The summed E-state index contributed by atoms with van der Waals surface area (Å²) in [5, 5.41) is 8.83. The molecule has 2 aliphatic rings. The van der Waals surface area contributed by atoms with E-state index in [9.17, 15) is 0 Å². The maximum atomic E-state index is 8.83. The van der Waals surface area contributed by atoms with Gasteiger partial charge in [0.05, 0.1) is 24.8 Å². The first-order chi connectivity index (χ1) is 10.3. The van der Waals surface area contributed by atoms with Gasteiger partial charge in [0.2, 0.25) is 0 Å². The molecule has 0 spiro atoms. The molecule has 0 saturated carbocycles. The molecular weight excluding hydrogens is 262 g/mol. The van der Waals surface area contributed by atoms with Crippen LogP contribution in [0.3, 0.4) is 0 Å². The van der Waals surface area contributed by atoms with E-state index in [0.29, 0.717) is 0 Å². The van der Waals surface area contributed by atoms with Crippen LogP contribution in [0.4, 0.5) is 0 Å². The molecule has 112 valence electrons. The van der Waals surface area contributed by atoms with E-state index in [2.05, 4.69) is 28.0 Å². The van der Waals surface area contributed by atoms with Gasteiger partial charge in [-0.3, -0.25) is 9.80 Å². The maximum Gasteiger partial charge on any atom is 0.0991 e. The number of hydrogen-bond donors (Lipinski definition) is 0. The molecule has 0 aromatic heterocycles. The first-order valence-corrected chi connectivity index (χ1v) is 7.85. The highest BCUT2D eigenvalue weighted by Gasteiger charge is 2.25. The van der Waals surface area contributed by atoms with E-state index < -0.39 is 0 Å². The van der Waals surface area contributed by atoms with Gasteiger partial charge in [-0.1, -0.05) is 12.1 Å². The molecule has 2 heterocycles. The van der Waals surface area contributed by atoms with E-state index in [0.717, 1.165) is 44.3 Å². The normalized spacial score (nSPS) is 24.0. The average Bonchev–Trinajstić information content (AvgIpc) is 2.96. The second-order valence-corrected chi connectivity index (χ2v) is 6.11. The third kappa shape index (κ3) is 4.04. The van der Waals surface area contributed by atoms with Gasteiger partial charge in [-0.25, -0.2) is 0 Å². The molecule has 1 aromatic rings. The fraction of sp³-hybridized carbons (Fsp3) is 0.588. The van der Waals surface area contributed by atoms with E-state index in [4.69, 9.17) is 10.00 Å². The van der Waals surface area contributed by atoms with Crippen molar-refractivity contribution in [2.24, 2.45) is 5.92 Å². The molecule has 1 unspecified atom stereocenters. The molecule has 4 heteroatoms. The van der Waals surface area contributed by atoms with Crippen molar-refractivity contribution in [3.63, 3.8) is 0 Å². The van der Waals surface area contributed by atoms with Crippen LogP contribution in [0.25, 0.3) is 0 Å². The smallest absolute Gasteiger partial charge is 0.0991 e. The molecule has 2 fully saturated rings. The second kappa shape index (κ2) is 7.04. The summed E-state index contributed by atoms with van der Waals surface area (Å²) in [4.78, 5) is 5.08. The minimum atomic E-state index is 0.741. The first-order valence-electron chi connectivity index (χ1n) is 7.85. The molecule has 0 aliphatic carbocycles. The summed E-state index contributed by atoms with van der Waals surface area (Å²) >= 11 is 0. The van der Waals surface area contributed by atoms with Gasteiger partial charge in [0.25, 0.3) is 0 Å². The third-order valence-electron chi connectivity index (χ3n) is 4.48. The molecule has 1 atom stereocenters. The van der Waals surface area contributed by atoms with Crippen molar-refractivity contribution in [2.75, 3.05) is 45.9 Å². The van der Waals surface area contributed by atoms with E-state index in [-0.39, 0.29) is 0 Å². The maximum absolute atomic E-state index is 8.83. The highest BCUT2D eigenvalue weighted by Crippen LogP contribution is 2.20. The van der Waals surface area contributed by atoms with Gasteiger partial charge >= 0.3 is 0 Å². The predicted octanol–water partition coefficient (Wildman–Crippen LogP) is 1.71. The van der Waals surface area contributed by atoms with Crippen molar-refractivity contribution < 1.29 is 4.74 Å². The summed E-state index contributed by atoms with van der Waals surface area (Å²) in [6.45, 7) is 8.56. The SMILES string of the molecule is N#Cc1ccc(CN2CCC(CN3CCOCC3)C2)cc1. The molecule has 2 saturated heterocycles. The molecule has 0 radical (unpaired) electrons. The van der Waals surface area contributed by atoms with Gasteiger partial charge < -0.3 is 4.74 Å². The van der Waals surface area contributed by atoms with Crippen molar-refractivity contribution in [2.45, 2.75) is 13.0 Å². The molecule has 0 amide bonds. The summed E-state index contributed by atoms with van der Waals surface area (Å²) in [7, 11) is 0. The van der Waals surface area contributed by atoms with Gasteiger partial charge in [-0.2, -0.15) is 5.26 Å². The minimum absolute atomic E-state index is 0.741. The molecule has 0 bridgehead atoms. The lowest BCUT2D eigenvalue weighted by Crippen LogP contribution is -2.39. The average molecular weight is 285 g/mol. The van der Waals surface area contributed by atoms with Crippen LogP contribution in [0.5, 0.6) is 0 Å². The number of rotatable bonds is 4. The van der Waals surface area contributed by atoms with E-state index in [1.54, 1.807) is 0 Å². The van der Waals surface area contributed by atoms with Crippen molar-refractivity contribution in [3.05, 3.63) is 35.4 Å². The number of benzene rings is 1. The van der Waals surface area contributed by atoms with Crippen molar-refractivity contribution in [1.82, 2.24) is 9.80 Å². The van der Waals surface area contributed by atoms with Crippen LogP contribution in [0.15, 0.2) is 24.3 Å². The Hall–Kier alpha value is -1.41. The van der Waals surface area contributed by atoms with E-state index in [1.165, 1.54) is 31.6 Å². The van der Waals surface area contributed by atoms with Crippen LogP contribution >= 0.6 is 0 Å². The Labute approximate surface area is 126 Å². The number of hydrogen-bond acceptors (Lipinski definition) is 4. The van der Waals surface area contributed by atoms with Gasteiger partial charge in [0.1, 0.15) is 0 Å². The van der Waals surface area contributed by atoms with Gasteiger partial charge in [0.15, 0.2) is 0 Å². The van der Waals surface area contributed by atoms with Crippen LogP contribution in [0.2, 0.25) is 0 Å². The van der Waals surface area contributed by atoms with Crippen molar-refractivity contribution in [3.8, 4) is 6.07 Å². The molecule has 2 aliphatic heterocycles. The van der Waals surface area contributed by atoms with Crippen molar-refractivity contribution in [1.29, 1.82) is 5.26 Å². The third-order valence-corrected chi connectivity index (χ3v) is 4.48. The lowest BCUT2D eigenvalue weighted by atomic mass is 10.1. The van der Waals surface area contributed by atoms with Crippen molar-refractivity contribution >= 4 is 0 Å². The Morgan fingerprint density at radius 1 is 1.10 bits per heavy atom. The zero-order valence-corrected chi connectivity index (χ0v) is 12.5. The highest BCUT2D eigenvalue weighted by atomic mass is 16.5. The summed E-state index contributed by atoms with van der Waals surface area (Å²) in [5.41, 5.74) is 2.05. The predicted molar refractivity (Wildman–Crippen MR) is 81.8 cm³/mol.